The lowest BCUT2D eigenvalue weighted by Gasteiger charge is -2.17. The van der Waals surface area contributed by atoms with Crippen molar-refractivity contribution in [2.75, 3.05) is 7.05 Å². The van der Waals surface area contributed by atoms with E-state index >= 15 is 0 Å². The van der Waals surface area contributed by atoms with Gasteiger partial charge in [0.1, 0.15) is 11.3 Å². The van der Waals surface area contributed by atoms with E-state index in [1.165, 1.54) is 30.4 Å². The highest BCUT2D eigenvalue weighted by Crippen LogP contribution is 2.22. The summed E-state index contributed by atoms with van der Waals surface area (Å²) in [6, 6.07) is 8.54. The van der Waals surface area contributed by atoms with E-state index in [0.717, 1.165) is 6.07 Å². The number of halogens is 1. The maximum atomic E-state index is 13.7. The van der Waals surface area contributed by atoms with Gasteiger partial charge in [0, 0.05) is 18.7 Å². The van der Waals surface area contributed by atoms with Gasteiger partial charge in [-0.05, 0) is 12.1 Å². The average molecular weight is 328 g/mol. The Morgan fingerprint density at radius 3 is 2.88 bits per heavy atom. The number of aromatic amines is 1. The van der Waals surface area contributed by atoms with Gasteiger partial charge in [-0.2, -0.15) is 0 Å². The fraction of sp³-hybridized carbons (Fsp3) is 0.125. The van der Waals surface area contributed by atoms with E-state index in [4.69, 9.17) is 0 Å². The molecule has 0 aliphatic rings. The highest BCUT2D eigenvalue weighted by atomic mass is 19.1. The van der Waals surface area contributed by atoms with Gasteiger partial charge in [0.25, 0.3) is 11.6 Å². The molecular formula is C16H13FN4O3. The Bertz CT molecular complexity index is 938. The number of fused-ring (bicyclic) bond motifs is 1. The van der Waals surface area contributed by atoms with Crippen LogP contribution in [0.1, 0.15) is 15.9 Å². The molecule has 24 heavy (non-hydrogen) atoms. The van der Waals surface area contributed by atoms with E-state index in [1.54, 1.807) is 18.2 Å². The molecule has 0 radical (unpaired) electrons. The number of nitrogens with zero attached hydrogens (tertiary/aromatic N) is 3. The van der Waals surface area contributed by atoms with E-state index < -0.39 is 16.6 Å². The van der Waals surface area contributed by atoms with Crippen LogP contribution in [-0.4, -0.2) is 32.7 Å². The number of benzene rings is 2. The second kappa shape index (κ2) is 6.07. The van der Waals surface area contributed by atoms with Gasteiger partial charge in [-0.3, -0.25) is 14.9 Å². The third-order valence-electron chi connectivity index (χ3n) is 3.66. The number of amides is 1. The van der Waals surface area contributed by atoms with E-state index in [0.29, 0.717) is 16.6 Å². The number of nitro benzene ring substituents is 1. The van der Waals surface area contributed by atoms with Crippen molar-refractivity contribution in [2.45, 2.75) is 6.54 Å². The Balaban J connectivity index is 1.93. The van der Waals surface area contributed by atoms with Crippen molar-refractivity contribution < 1.29 is 14.1 Å². The van der Waals surface area contributed by atoms with Gasteiger partial charge in [0.2, 0.25) is 0 Å². The first-order valence-corrected chi connectivity index (χ1v) is 7.07. The van der Waals surface area contributed by atoms with Crippen LogP contribution < -0.4 is 0 Å². The van der Waals surface area contributed by atoms with Crippen molar-refractivity contribution in [1.29, 1.82) is 0 Å². The summed E-state index contributed by atoms with van der Waals surface area (Å²) in [7, 11) is 1.50. The third kappa shape index (κ3) is 2.81. The van der Waals surface area contributed by atoms with Crippen molar-refractivity contribution >= 4 is 22.6 Å². The van der Waals surface area contributed by atoms with Gasteiger partial charge in [0.15, 0.2) is 0 Å². The molecule has 0 bridgehead atoms. The number of carbonyl (C=O) groups is 1. The lowest BCUT2D eigenvalue weighted by molar-refractivity contribution is -0.385. The Kier molecular flexibility index (Phi) is 3.95. The van der Waals surface area contributed by atoms with Crippen LogP contribution in [0.5, 0.6) is 0 Å². The lowest BCUT2D eigenvalue weighted by atomic mass is 10.1. The smallest absolute Gasteiger partial charge is 0.274 e. The first-order chi connectivity index (χ1) is 11.5. The van der Waals surface area contributed by atoms with Crippen molar-refractivity contribution in [1.82, 2.24) is 14.9 Å². The summed E-state index contributed by atoms with van der Waals surface area (Å²) in [6.07, 6.45) is 1.38. The fourth-order valence-electron chi connectivity index (χ4n) is 2.53. The maximum absolute atomic E-state index is 13.7. The van der Waals surface area contributed by atoms with Gasteiger partial charge in [0.05, 0.1) is 28.9 Å². The molecule has 0 atom stereocenters. The number of nitro groups is 1. The molecule has 122 valence electrons. The van der Waals surface area contributed by atoms with Crippen LogP contribution >= 0.6 is 0 Å². The molecule has 0 saturated carbocycles. The molecule has 2 aromatic carbocycles. The normalized spacial score (nSPS) is 10.8. The molecule has 7 nitrogen and oxygen atoms in total. The minimum Gasteiger partial charge on any atom is -0.344 e. The zero-order valence-electron chi connectivity index (χ0n) is 12.7. The molecule has 0 saturated heterocycles. The van der Waals surface area contributed by atoms with Crippen molar-refractivity contribution in [3.63, 3.8) is 0 Å². The predicted molar refractivity (Wildman–Crippen MR) is 84.9 cm³/mol. The summed E-state index contributed by atoms with van der Waals surface area (Å²) < 4.78 is 13.7. The topological polar surface area (TPSA) is 92.1 Å². The van der Waals surface area contributed by atoms with Gasteiger partial charge in [-0.1, -0.05) is 18.2 Å². The Morgan fingerprint density at radius 2 is 2.12 bits per heavy atom. The quantitative estimate of drug-likeness (QED) is 0.589. The largest absolute Gasteiger partial charge is 0.344 e. The van der Waals surface area contributed by atoms with Gasteiger partial charge in [-0.25, -0.2) is 9.37 Å². The number of para-hydroxylation sites is 1. The second-order valence-corrected chi connectivity index (χ2v) is 5.30. The molecule has 0 aliphatic carbocycles. The highest BCUT2D eigenvalue weighted by Gasteiger charge is 2.21. The highest BCUT2D eigenvalue weighted by molar-refractivity contribution is 6.04. The molecule has 1 N–H and O–H groups in total. The second-order valence-electron chi connectivity index (χ2n) is 5.30. The molecule has 1 heterocycles. The number of imidazole rings is 1. The fourth-order valence-corrected chi connectivity index (χ4v) is 2.53. The lowest BCUT2D eigenvalue weighted by Crippen LogP contribution is -2.27. The molecule has 0 spiro atoms. The zero-order chi connectivity index (χ0) is 17.3. The SMILES string of the molecule is CN(Cc1ccccc1[N+](=O)[O-])C(=O)c1cc(F)cc2[nH]cnc12. The molecule has 0 fully saturated rings. The van der Waals surface area contributed by atoms with Crippen molar-refractivity contribution in [3.8, 4) is 0 Å². The molecular weight excluding hydrogens is 315 g/mol. The van der Waals surface area contributed by atoms with Crippen LogP contribution in [0.2, 0.25) is 0 Å². The zero-order valence-corrected chi connectivity index (χ0v) is 12.7. The molecule has 0 unspecified atom stereocenters. The Morgan fingerprint density at radius 1 is 1.38 bits per heavy atom. The van der Waals surface area contributed by atoms with E-state index in [2.05, 4.69) is 9.97 Å². The number of hydrogen-bond donors (Lipinski definition) is 1. The van der Waals surface area contributed by atoms with E-state index in [-0.39, 0.29) is 17.8 Å². The van der Waals surface area contributed by atoms with E-state index in [1.807, 2.05) is 0 Å². The maximum Gasteiger partial charge on any atom is 0.274 e. The third-order valence-corrected chi connectivity index (χ3v) is 3.66. The molecule has 3 aromatic rings. The standard InChI is InChI=1S/C16H13FN4O3/c1-20(8-10-4-2-3-5-14(10)21(23)24)16(22)12-6-11(17)7-13-15(12)19-9-18-13/h2-7,9H,8H2,1H3,(H,18,19). The van der Waals surface area contributed by atoms with Crippen LogP contribution in [0.4, 0.5) is 10.1 Å². The monoisotopic (exact) mass is 328 g/mol. The Hall–Kier alpha value is -3.29. The van der Waals surface area contributed by atoms with Crippen LogP contribution in [-0.2, 0) is 6.54 Å². The summed E-state index contributed by atoms with van der Waals surface area (Å²) in [5.41, 5.74) is 1.20. The summed E-state index contributed by atoms with van der Waals surface area (Å²) >= 11 is 0. The minimum absolute atomic E-state index is 0.0262. The number of rotatable bonds is 4. The van der Waals surface area contributed by atoms with Crippen LogP contribution in [0, 0.1) is 15.9 Å². The Labute approximate surface area is 135 Å². The van der Waals surface area contributed by atoms with Gasteiger partial charge < -0.3 is 9.88 Å². The number of aromatic nitrogens is 2. The number of nitrogens with one attached hydrogen (secondary N) is 1. The average Bonchev–Trinajstić information content (AvgIpc) is 3.01. The van der Waals surface area contributed by atoms with E-state index in [9.17, 15) is 19.3 Å². The first-order valence-electron chi connectivity index (χ1n) is 7.07. The van der Waals surface area contributed by atoms with Crippen molar-refractivity contribution in [2.24, 2.45) is 0 Å². The summed E-state index contributed by atoms with van der Waals surface area (Å²) in [4.78, 5) is 31.3. The van der Waals surface area contributed by atoms with Gasteiger partial charge in [-0.15, -0.1) is 0 Å². The summed E-state index contributed by atoms with van der Waals surface area (Å²) in [5, 5.41) is 11.1. The molecule has 3 rings (SSSR count). The first kappa shape index (κ1) is 15.6. The predicted octanol–water partition coefficient (Wildman–Crippen LogP) is 2.88. The van der Waals surface area contributed by atoms with Crippen LogP contribution in [0.3, 0.4) is 0 Å². The summed E-state index contributed by atoms with van der Waals surface area (Å²) in [5.74, 6) is -1.03. The minimum atomic E-state index is -0.561. The number of carbonyl (C=O) groups excluding carboxylic acids is 1. The number of H-pyrrole nitrogens is 1. The molecule has 1 amide bonds. The molecule has 8 heteroatoms. The molecule has 1 aromatic heterocycles. The summed E-state index contributed by atoms with van der Waals surface area (Å²) in [6.45, 7) is 0.0262. The molecule has 0 aliphatic heterocycles. The van der Waals surface area contributed by atoms with Crippen LogP contribution in [0.15, 0.2) is 42.7 Å². The number of hydrogen-bond acceptors (Lipinski definition) is 4. The van der Waals surface area contributed by atoms with Crippen molar-refractivity contribution in [3.05, 3.63) is 69.8 Å². The van der Waals surface area contributed by atoms with Crippen LogP contribution in [0.25, 0.3) is 11.0 Å². The van der Waals surface area contributed by atoms with Gasteiger partial charge >= 0.3 is 0 Å².